The van der Waals surface area contributed by atoms with Crippen molar-refractivity contribution < 1.29 is 28.2 Å². The van der Waals surface area contributed by atoms with Crippen molar-refractivity contribution in [3.63, 3.8) is 0 Å². The summed E-state index contributed by atoms with van der Waals surface area (Å²) in [6.07, 6.45) is 0. The van der Waals surface area contributed by atoms with Gasteiger partial charge in [0.05, 0.1) is 10.5 Å². The second-order valence-corrected chi connectivity index (χ2v) is 7.07. The van der Waals surface area contributed by atoms with E-state index in [9.17, 15) is 18.0 Å². The first-order valence-electron chi connectivity index (χ1n) is 5.34. The van der Waals surface area contributed by atoms with Crippen molar-refractivity contribution >= 4 is 21.8 Å². The number of aromatic carboxylic acids is 1. The summed E-state index contributed by atoms with van der Waals surface area (Å²) in [4.78, 5) is 21.7. The van der Waals surface area contributed by atoms with E-state index in [1.54, 1.807) is 0 Å². The molecule has 0 unspecified atom stereocenters. The normalized spacial score (nSPS) is 12.2. The molecule has 19 heavy (non-hydrogen) atoms. The first-order chi connectivity index (χ1) is 8.51. The molecule has 0 aliphatic rings. The van der Waals surface area contributed by atoms with Crippen LogP contribution in [0.15, 0.2) is 23.1 Å². The van der Waals surface area contributed by atoms with Crippen molar-refractivity contribution in [2.75, 3.05) is 0 Å². The summed E-state index contributed by atoms with van der Waals surface area (Å²) in [5.41, 5.74) is 0.102. The van der Waals surface area contributed by atoms with Crippen molar-refractivity contribution in [2.24, 2.45) is 0 Å². The van der Waals surface area contributed by atoms with E-state index in [1.807, 2.05) is 0 Å². The summed E-state index contributed by atoms with van der Waals surface area (Å²) in [6, 6.07) is 3.59. The molecule has 6 nitrogen and oxygen atoms in total. The monoisotopic (exact) mass is 286 g/mol. The topological polar surface area (TPSA) is 109 Å². The van der Waals surface area contributed by atoms with Crippen LogP contribution in [0.3, 0.4) is 0 Å². The molecular formula is C12H14O6S. The molecular weight excluding hydrogens is 272 g/mol. The Bertz CT molecular complexity index is 642. The van der Waals surface area contributed by atoms with E-state index in [0.717, 1.165) is 19.9 Å². The molecule has 1 aromatic carbocycles. The minimum atomic E-state index is -4.19. The number of rotatable bonds is 4. The Morgan fingerprint density at radius 2 is 1.68 bits per heavy atom. The lowest BCUT2D eigenvalue weighted by Crippen LogP contribution is -2.40. The molecule has 0 saturated carbocycles. The van der Waals surface area contributed by atoms with Gasteiger partial charge in [0.2, 0.25) is 0 Å². The van der Waals surface area contributed by atoms with Gasteiger partial charge in [-0.15, -0.1) is 0 Å². The highest BCUT2D eigenvalue weighted by molar-refractivity contribution is 7.93. The molecule has 0 aromatic heterocycles. The van der Waals surface area contributed by atoms with Crippen molar-refractivity contribution in [2.45, 2.75) is 30.4 Å². The van der Waals surface area contributed by atoms with Crippen LogP contribution in [0.25, 0.3) is 0 Å². The average molecular weight is 286 g/mol. The molecule has 0 aliphatic heterocycles. The lowest BCUT2D eigenvalue weighted by molar-refractivity contribution is -0.139. The third-order valence-corrected chi connectivity index (χ3v) is 5.45. The van der Waals surface area contributed by atoms with Crippen molar-refractivity contribution in [1.29, 1.82) is 0 Å². The van der Waals surface area contributed by atoms with Gasteiger partial charge in [-0.05, 0) is 38.5 Å². The molecule has 0 heterocycles. The third kappa shape index (κ3) is 2.46. The number of hydrogen-bond donors (Lipinski definition) is 2. The molecule has 0 amide bonds. The zero-order valence-electron chi connectivity index (χ0n) is 10.7. The average Bonchev–Trinajstić information content (AvgIpc) is 2.28. The second kappa shape index (κ2) is 4.65. The second-order valence-electron chi connectivity index (χ2n) is 4.60. The maximum atomic E-state index is 12.3. The van der Waals surface area contributed by atoms with Gasteiger partial charge in [0, 0.05) is 0 Å². The van der Waals surface area contributed by atoms with Gasteiger partial charge < -0.3 is 10.2 Å². The van der Waals surface area contributed by atoms with Crippen LogP contribution in [-0.2, 0) is 14.6 Å². The standard InChI is InChI=1S/C12H14O6S/c1-7-4-5-8(10(13)14)6-9(7)19(17,18)12(2,3)11(15)16/h4-6H,1-3H3,(H,13,14)(H,15,16). The molecule has 104 valence electrons. The minimum Gasteiger partial charge on any atom is -0.480 e. The van der Waals surface area contributed by atoms with E-state index in [-0.39, 0.29) is 10.5 Å². The molecule has 2 N–H and O–H groups in total. The van der Waals surface area contributed by atoms with Gasteiger partial charge >= 0.3 is 11.9 Å². The lowest BCUT2D eigenvalue weighted by atomic mass is 10.1. The van der Waals surface area contributed by atoms with Crippen LogP contribution in [0.2, 0.25) is 0 Å². The summed E-state index contributed by atoms with van der Waals surface area (Å²) in [5, 5.41) is 17.9. The molecule has 0 saturated heterocycles. The zero-order valence-corrected chi connectivity index (χ0v) is 11.5. The summed E-state index contributed by atoms with van der Waals surface area (Å²) >= 11 is 0. The van der Waals surface area contributed by atoms with Gasteiger partial charge in [0.1, 0.15) is 0 Å². The number of carbonyl (C=O) groups is 2. The van der Waals surface area contributed by atoms with Gasteiger partial charge in [-0.2, -0.15) is 0 Å². The quantitative estimate of drug-likeness (QED) is 0.864. The van der Waals surface area contributed by atoms with E-state index in [2.05, 4.69) is 0 Å². The van der Waals surface area contributed by atoms with Gasteiger partial charge in [-0.3, -0.25) is 4.79 Å². The van der Waals surface area contributed by atoms with Crippen molar-refractivity contribution in [3.05, 3.63) is 29.3 Å². The number of aryl methyl sites for hydroxylation is 1. The Hall–Kier alpha value is -1.89. The smallest absolute Gasteiger partial charge is 0.335 e. The Labute approximate surface area is 110 Å². The fraction of sp³-hybridized carbons (Fsp3) is 0.333. The molecule has 1 aromatic rings. The first-order valence-corrected chi connectivity index (χ1v) is 6.82. The third-order valence-electron chi connectivity index (χ3n) is 2.91. The van der Waals surface area contributed by atoms with Gasteiger partial charge in [-0.1, -0.05) is 6.07 Å². The molecule has 0 fully saturated rings. The van der Waals surface area contributed by atoms with E-state index in [1.165, 1.54) is 19.1 Å². The predicted molar refractivity (Wildman–Crippen MR) is 67.0 cm³/mol. The number of benzene rings is 1. The maximum Gasteiger partial charge on any atom is 0.335 e. The fourth-order valence-corrected chi connectivity index (χ4v) is 2.97. The van der Waals surface area contributed by atoms with E-state index in [4.69, 9.17) is 10.2 Å². The highest BCUT2D eigenvalue weighted by Gasteiger charge is 2.43. The molecule has 1 rings (SSSR count). The number of sulfone groups is 1. The largest absolute Gasteiger partial charge is 0.480 e. The SMILES string of the molecule is Cc1ccc(C(=O)O)cc1S(=O)(=O)C(C)(C)C(=O)O. The first kappa shape index (κ1) is 15.2. The van der Waals surface area contributed by atoms with Crippen LogP contribution in [0.4, 0.5) is 0 Å². The highest BCUT2D eigenvalue weighted by atomic mass is 32.2. The number of hydrogen-bond acceptors (Lipinski definition) is 4. The van der Waals surface area contributed by atoms with Crippen LogP contribution >= 0.6 is 0 Å². The summed E-state index contributed by atoms with van der Waals surface area (Å²) < 4.78 is 22.6. The van der Waals surface area contributed by atoms with Crippen molar-refractivity contribution in [3.8, 4) is 0 Å². The Balaban J connectivity index is 3.58. The molecule has 0 bridgehead atoms. The summed E-state index contributed by atoms with van der Waals surface area (Å²) in [5.74, 6) is -2.77. The predicted octanol–water partition coefficient (Wildman–Crippen LogP) is 1.33. The minimum absolute atomic E-state index is 0.203. The van der Waals surface area contributed by atoms with Crippen LogP contribution < -0.4 is 0 Å². The lowest BCUT2D eigenvalue weighted by Gasteiger charge is -2.21. The Morgan fingerprint density at radius 3 is 2.11 bits per heavy atom. The summed E-state index contributed by atoms with van der Waals surface area (Å²) in [6.45, 7) is 3.62. The molecule has 0 spiro atoms. The number of carboxylic acids is 2. The zero-order chi connectivity index (χ0) is 15.0. The van der Waals surface area contributed by atoms with E-state index >= 15 is 0 Å². The van der Waals surface area contributed by atoms with Crippen LogP contribution in [0.1, 0.15) is 29.8 Å². The molecule has 7 heteroatoms. The molecule has 0 radical (unpaired) electrons. The van der Waals surface area contributed by atoms with Crippen LogP contribution in [0.5, 0.6) is 0 Å². The number of aliphatic carboxylic acids is 1. The van der Waals surface area contributed by atoms with Gasteiger partial charge in [-0.25, -0.2) is 13.2 Å². The van der Waals surface area contributed by atoms with E-state index < -0.39 is 26.5 Å². The van der Waals surface area contributed by atoms with Gasteiger partial charge in [0.25, 0.3) is 0 Å². The van der Waals surface area contributed by atoms with Gasteiger partial charge in [0.15, 0.2) is 14.6 Å². The van der Waals surface area contributed by atoms with Crippen LogP contribution in [0, 0.1) is 6.92 Å². The molecule has 0 aliphatic carbocycles. The summed E-state index contributed by atoms with van der Waals surface area (Å²) in [7, 11) is -4.19. The Kier molecular flexibility index (Phi) is 3.72. The maximum absolute atomic E-state index is 12.3. The fourth-order valence-electron chi connectivity index (χ4n) is 1.41. The highest BCUT2D eigenvalue weighted by Crippen LogP contribution is 2.28. The van der Waals surface area contributed by atoms with Crippen LogP contribution in [-0.4, -0.2) is 35.3 Å². The van der Waals surface area contributed by atoms with Crippen molar-refractivity contribution in [1.82, 2.24) is 0 Å². The number of carboxylic acid groups (broad SMARTS) is 2. The van der Waals surface area contributed by atoms with E-state index in [0.29, 0.717) is 5.56 Å². The molecule has 0 atom stereocenters. The Morgan fingerprint density at radius 1 is 1.16 bits per heavy atom.